The van der Waals surface area contributed by atoms with Crippen LogP contribution in [0.15, 0.2) is 29.4 Å². The van der Waals surface area contributed by atoms with Crippen molar-refractivity contribution < 1.29 is 19.7 Å². The van der Waals surface area contributed by atoms with Gasteiger partial charge in [0.25, 0.3) is 5.91 Å². The Bertz CT molecular complexity index is 602. The summed E-state index contributed by atoms with van der Waals surface area (Å²) in [5.74, 6) is -1.12. The van der Waals surface area contributed by atoms with Crippen LogP contribution in [-0.2, 0) is 9.59 Å². The maximum Gasteiger partial charge on any atom is 0.266 e. The van der Waals surface area contributed by atoms with Gasteiger partial charge >= 0.3 is 0 Å². The number of aliphatic carboxylic acids is 1. The first-order valence-electron chi connectivity index (χ1n) is 6.99. The topological polar surface area (TPSA) is 74.6 Å². The van der Waals surface area contributed by atoms with Gasteiger partial charge in [-0.25, -0.2) is 4.98 Å². The summed E-state index contributed by atoms with van der Waals surface area (Å²) in [5.41, 5.74) is 0.914. The highest BCUT2D eigenvalue weighted by molar-refractivity contribution is 8.26. The molecule has 2 rings (SSSR count). The first kappa shape index (κ1) is 16.6. The summed E-state index contributed by atoms with van der Waals surface area (Å²) in [6.07, 6.45) is 7.51. The van der Waals surface area contributed by atoms with Crippen LogP contribution in [0.25, 0.3) is 6.08 Å². The minimum atomic E-state index is -1.03. The van der Waals surface area contributed by atoms with Crippen LogP contribution in [-0.4, -0.2) is 27.6 Å². The second kappa shape index (κ2) is 8.05. The van der Waals surface area contributed by atoms with Crippen molar-refractivity contribution in [1.82, 2.24) is 4.90 Å². The predicted octanol–water partition coefficient (Wildman–Crippen LogP) is 1.01. The van der Waals surface area contributed by atoms with E-state index in [1.165, 1.54) is 11.8 Å². The van der Waals surface area contributed by atoms with E-state index < -0.39 is 5.97 Å². The van der Waals surface area contributed by atoms with Gasteiger partial charge < -0.3 is 9.90 Å². The van der Waals surface area contributed by atoms with Gasteiger partial charge in [-0.3, -0.25) is 9.69 Å². The van der Waals surface area contributed by atoms with Crippen LogP contribution in [0, 0.1) is 0 Å². The molecule has 1 aromatic rings. The van der Waals surface area contributed by atoms with Gasteiger partial charge in [0.15, 0.2) is 12.4 Å². The van der Waals surface area contributed by atoms with E-state index in [0.717, 1.165) is 18.4 Å². The minimum Gasteiger partial charge on any atom is -0.550 e. The van der Waals surface area contributed by atoms with E-state index in [9.17, 15) is 14.7 Å². The highest BCUT2D eigenvalue weighted by Gasteiger charge is 2.31. The maximum atomic E-state index is 12.3. The van der Waals surface area contributed by atoms with Gasteiger partial charge in [0.1, 0.15) is 4.32 Å². The van der Waals surface area contributed by atoms with Crippen molar-refractivity contribution in [1.29, 1.82) is 0 Å². The molecule has 0 aliphatic carbocycles. The van der Waals surface area contributed by atoms with Crippen LogP contribution < -0.4 is 10.1 Å². The number of H-pyrrole nitrogens is 1. The number of carbonyl (C=O) groups is 2. The van der Waals surface area contributed by atoms with Gasteiger partial charge in [0.2, 0.25) is 0 Å². The number of hydrogen-bond acceptors (Lipinski definition) is 5. The summed E-state index contributed by atoms with van der Waals surface area (Å²) in [4.78, 5) is 27.8. The molecule has 0 saturated carbocycles. The number of nitrogens with one attached hydrogen (secondary N) is 1. The molecular formula is C15H16N2O3S2. The Balaban J connectivity index is 1.89. The highest BCUT2D eigenvalue weighted by atomic mass is 32.2. The van der Waals surface area contributed by atoms with Crippen molar-refractivity contribution in [3.63, 3.8) is 0 Å². The average molecular weight is 336 g/mol. The SMILES string of the molecule is O=C([O-])CCCCCN1C(=O)/C(=C\c2ccc[nH+]c2)SC1=S. The summed E-state index contributed by atoms with van der Waals surface area (Å²) < 4.78 is 0.552. The third-order valence-electron chi connectivity index (χ3n) is 3.17. The zero-order chi connectivity index (χ0) is 15.9. The second-order valence-corrected chi connectivity index (χ2v) is 6.53. The van der Waals surface area contributed by atoms with Crippen LogP contribution in [0.2, 0.25) is 0 Å². The van der Waals surface area contributed by atoms with Gasteiger partial charge in [-0.1, -0.05) is 30.4 Å². The number of carbonyl (C=O) groups excluding carboxylic acids is 2. The van der Waals surface area contributed by atoms with E-state index in [0.29, 0.717) is 22.2 Å². The lowest BCUT2D eigenvalue weighted by molar-refractivity contribution is -0.378. The Hall–Kier alpha value is -1.73. The van der Waals surface area contributed by atoms with Crippen LogP contribution in [0.4, 0.5) is 0 Å². The van der Waals surface area contributed by atoms with Crippen molar-refractivity contribution in [2.75, 3.05) is 6.54 Å². The molecule has 22 heavy (non-hydrogen) atoms. The molecule has 0 atom stereocenters. The number of pyridine rings is 1. The van der Waals surface area contributed by atoms with Crippen LogP contribution >= 0.6 is 24.0 Å². The minimum absolute atomic E-state index is 0.0583. The van der Waals surface area contributed by atoms with E-state index in [1.54, 1.807) is 11.1 Å². The van der Waals surface area contributed by atoms with Gasteiger partial charge in [-0.15, -0.1) is 0 Å². The highest BCUT2D eigenvalue weighted by Crippen LogP contribution is 2.32. The third-order valence-corrected chi connectivity index (χ3v) is 4.54. The molecule has 2 heterocycles. The Kier molecular flexibility index (Phi) is 6.09. The lowest BCUT2D eigenvalue weighted by Crippen LogP contribution is -2.29. The largest absolute Gasteiger partial charge is 0.550 e. The molecule has 1 amide bonds. The summed E-state index contributed by atoms with van der Waals surface area (Å²) >= 11 is 6.54. The van der Waals surface area contributed by atoms with E-state index in [2.05, 4.69) is 4.98 Å². The number of amides is 1. The number of rotatable bonds is 7. The summed E-state index contributed by atoms with van der Waals surface area (Å²) in [5, 5.41) is 10.3. The van der Waals surface area contributed by atoms with Crippen molar-refractivity contribution in [3.05, 3.63) is 35.0 Å². The zero-order valence-electron chi connectivity index (χ0n) is 11.9. The number of thiocarbonyl (C=S) groups is 1. The molecule has 0 unspecified atom stereocenters. The fourth-order valence-electron chi connectivity index (χ4n) is 2.06. The number of unbranched alkanes of at least 4 members (excludes halogenated alkanes) is 2. The van der Waals surface area contributed by atoms with Gasteiger partial charge in [0.05, 0.1) is 4.91 Å². The maximum absolute atomic E-state index is 12.3. The monoisotopic (exact) mass is 336 g/mol. The second-order valence-electron chi connectivity index (χ2n) is 4.85. The van der Waals surface area contributed by atoms with Gasteiger partial charge in [-0.05, 0) is 31.4 Å². The summed E-state index contributed by atoms with van der Waals surface area (Å²) in [7, 11) is 0. The summed E-state index contributed by atoms with van der Waals surface area (Å²) in [6.45, 7) is 0.524. The van der Waals surface area contributed by atoms with Gasteiger partial charge in [0, 0.05) is 24.1 Å². The molecule has 0 bridgehead atoms. The van der Waals surface area contributed by atoms with E-state index in [1.807, 2.05) is 24.4 Å². The average Bonchev–Trinajstić information content (AvgIpc) is 2.75. The molecule has 1 N–H and O–H groups in total. The lowest BCUT2D eigenvalue weighted by Gasteiger charge is -2.14. The van der Waals surface area contributed by atoms with E-state index in [4.69, 9.17) is 12.2 Å². The number of thioether (sulfide) groups is 1. The molecule has 1 aromatic heterocycles. The number of hydrogen-bond donors (Lipinski definition) is 0. The molecule has 1 aliphatic heterocycles. The van der Waals surface area contributed by atoms with Crippen LogP contribution in [0.3, 0.4) is 0 Å². The molecular weight excluding hydrogens is 320 g/mol. The Morgan fingerprint density at radius 2 is 2.23 bits per heavy atom. The molecule has 0 aromatic carbocycles. The fourth-order valence-corrected chi connectivity index (χ4v) is 3.37. The van der Waals surface area contributed by atoms with Crippen molar-refractivity contribution in [3.8, 4) is 0 Å². The van der Waals surface area contributed by atoms with Crippen LogP contribution in [0.5, 0.6) is 0 Å². The molecule has 0 spiro atoms. The molecule has 116 valence electrons. The van der Waals surface area contributed by atoms with Crippen molar-refractivity contribution in [2.45, 2.75) is 25.7 Å². The normalized spacial score (nSPS) is 16.5. The smallest absolute Gasteiger partial charge is 0.266 e. The fraction of sp³-hybridized carbons (Fsp3) is 0.333. The Labute approximate surface area is 138 Å². The number of nitrogens with zero attached hydrogens (tertiary/aromatic N) is 1. The lowest BCUT2D eigenvalue weighted by atomic mass is 10.2. The third kappa shape index (κ3) is 4.64. The molecule has 5 nitrogen and oxygen atoms in total. The Morgan fingerprint density at radius 3 is 2.91 bits per heavy atom. The van der Waals surface area contributed by atoms with Crippen molar-refractivity contribution >= 4 is 46.3 Å². The first-order chi connectivity index (χ1) is 10.6. The number of carboxylic acid groups (broad SMARTS) is 1. The quantitative estimate of drug-likeness (QED) is 0.422. The van der Waals surface area contributed by atoms with E-state index in [-0.39, 0.29) is 12.3 Å². The first-order valence-corrected chi connectivity index (χ1v) is 8.22. The number of carboxylic acids is 1. The predicted molar refractivity (Wildman–Crippen MR) is 86.4 cm³/mol. The van der Waals surface area contributed by atoms with Gasteiger partial charge in [-0.2, -0.15) is 0 Å². The zero-order valence-corrected chi connectivity index (χ0v) is 13.5. The standard InChI is InChI=1S/C15H16N2O3S2/c18-13(19)6-2-1-3-8-17-14(20)12(22-15(17)21)9-11-5-4-7-16-10-11/h4-5,7,9-10H,1-3,6,8H2,(H,18,19)/b12-9+. The van der Waals surface area contributed by atoms with Crippen molar-refractivity contribution in [2.24, 2.45) is 0 Å². The Morgan fingerprint density at radius 1 is 1.41 bits per heavy atom. The molecule has 1 saturated heterocycles. The number of aromatic nitrogens is 1. The molecule has 7 heteroatoms. The number of aromatic amines is 1. The van der Waals surface area contributed by atoms with E-state index >= 15 is 0 Å². The summed E-state index contributed by atoms with van der Waals surface area (Å²) in [6, 6.07) is 3.77. The molecule has 0 radical (unpaired) electrons. The molecule has 1 fully saturated rings. The molecule has 1 aliphatic rings. The van der Waals surface area contributed by atoms with Crippen LogP contribution in [0.1, 0.15) is 31.2 Å².